The third kappa shape index (κ3) is 4.62. The largest absolute Gasteiger partial charge is 0.310 e. The smallest absolute Gasteiger partial charge is 0.126 e. The van der Waals surface area contributed by atoms with Crippen molar-refractivity contribution in [3.05, 3.63) is 35.1 Å². The van der Waals surface area contributed by atoms with E-state index in [1.54, 1.807) is 13.0 Å². The van der Waals surface area contributed by atoms with Crippen LogP contribution in [0.3, 0.4) is 0 Å². The minimum atomic E-state index is -0.107. The molecule has 1 aromatic carbocycles. The van der Waals surface area contributed by atoms with Crippen molar-refractivity contribution in [2.75, 3.05) is 12.3 Å². The van der Waals surface area contributed by atoms with E-state index >= 15 is 0 Å². The summed E-state index contributed by atoms with van der Waals surface area (Å²) in [4.78, 5) is 0. The predicted octanol–water partition coefficient (Wildman–Crippen LogP) is 4.32. The van der Waals surface area contributed by atoms with Crippen LogP contribution in [0, 0.1) is 12.7 Å². The Morgan fingerprint density at radius 3 is 2.61 bits per heavy atom. The molecule has 1 aromatic rings. The second kappa shape index (κ2) is 7.80. The van der Waals surface area contributed by atoms with Crippen LogP contribution in [-0.4, -0.2) is 17.5 Å². The minimum absolute atomic E-state index is 0.107. The van der Waals surface area contributed by atoms with Gasteiger partial charge in [-0.1, -0.05) is 32.9 Å². The van der Waals surface area contributed by atoms with E-state index in [0.717, 1.165) is 17.9 Å². The van der Waals surface area contributed by atoms with Crippen molar-refractivity contribution in [1.82, 2.24) is 5.32 Å². The number of nitrogens with one attached hydrogen (secondary N) is 1. The van der Waals surface area contributed by atoms with Crippen molar-refractivity contribution in [3.63, 3.8) is 0 Å². The Kier molecular flexibility index (Phi) is 6.72. The first-order chi connectivity index (χ1) is 8.58. The van der Waals surface area contributed by atoms with E-state index in [2.05, 4.69) is 26.1 Å². The molecule has 0 aromatic heterocycles. The maximum atomic E-state index is 13.6. The zero-order valence-electron chi connectivity index (χ0n) is 11.8. The van der Waals surface area contributed by atoms with E-state index < -0.39 is 0 Å². The number of hydrogen-bond acceptors (Lipinski definition) is 2. The zero-order valence-corrected chi connectivity index (χ0v) is 12.6. The highest BCUT2D eigenvalue weighted by molar-refractivity contribution is 7.99. The Balaban J connectivity index is 2.73. The van der Waals surface area contributed by atoms with Gasteiger partial charge >= 0.3 is 0 Å². The van der Waals surface area contributed by atoms with Crippen molar-refractivity contribution in [2.45, 2.75) is 45.4 Å². The molecule has 0 fully saturated rings. The van der Waals surface area contributed by atoms with Crippen LogP contribution < -0.4 is 5.32 Å². The minimum Gasteiger partial charge on any atom is -0.310 e. The Hall–Kier alpha value is -0.540. The first kappa shape index (κ1) is 15.5. The van der Waals surface area contributed by atoms with E-state index in [-0.39, 0.29) is 11.9 Å². The van der Waals surface area contributed by atoms with Gasteiger partial charge in [0.05, 0.1) is 0 Å². The highest BCUT2D eigenvalue weighted by Gasteiger charge is 2.13. The molecule has 2 atom stereocenters. The number of thioether (sulfide) groups is 1. The molecule has 2 unspecified atom stereocenters. The van der Waals surface area contributed by atoms with Gasteiger partial charge < -0.3 is 5.32 Å². The molecule has 0 bridgehead atoms. The Labute approximate surface area is 115 Å². The maximum Gasteiger partial charge on any atom is 0.126 e. The van der Waals surface area contributed by atoms with Crippen LogP contribution in [0.5, 0.6) is 0 Å². The summed E-state index contributed by atoms with van der Waals surface area (Å²) >= 11 is 1.94. The second-order valence-corrected chi connectivity index (χ2v) is 6.14. The van der Waals surface area contributed by atoms with Crippen molar-refractivity contribution >= 4 is 11.8 Å². The monoisotopic (exact) mass is 269 g/mol. The summed E-state index contributed by atoms with van der Waals surface area (Å²) in [6.45, 7) is 9.23. The van der Waals surface area contributed by atoms with Gasteiger partial charge in [-0.25, -0.2) is 4.39 Å². The number of aryl methyl sites for hydroxylation is 1. The normalized spacial score (nSPS) is 14.5. The third-order valence-electron chi connectivity index (χ3n) is 3.17. The van der Waals surface area contributed by atoms with E-state index in [1.165, 1.54) is 6.42 Å². The van der Waals surface area contributed by atoms with E-state index in [9.17, 15) is 4.39 Å². The summed E-state index contributed by atoms with van der Waals surface area (Å²) in [5, 5.41) is 4.09. The molecule has 0 spiro atoms. The number of halogens is 1. The highest BCUT2D eigenvalue weighted by Crippen LogP contribution is 2.24. The molecular weight excluding hydrogens is 245 g/mol. The van der Waals surface area contributed by atoms with Gasteiger partial charge in [0.25, 0.3) is 0 Å². The lowest BCUT2D eigenvalue weighted by Crippen LogP contribution is -2.23. The van der Waals surface area contributed by atoms with Gasteiger partial charge in [0.1, 0.15) is 5.82 Å². The first-order valence-corrected chi connectivity index (χ1v) is 7.74. The average molecular weight is 269 g/mol. The zero-order chi connectivity index (χ0) is 13.5. The molecule has 0 aliphatic carbocycles. The van der Waals surface area contributed by atoms with E-state index in [4.69, 9.17) is 0 Å². The van der Waals surface area contributed by atoms with Crippen molar-refractivity contribution < 1.29 is 4.39 Å². The lowest BCUT2D eigenvalue weighted by atomic mass is 10.1. The number of benzene rings is 1. The van der Waals surface area contributed by atoms with Crippen LogP contribution >= 0.6 is 11.8 Å². The van der Waals surface area contributed by atoms with Gasteiger partial charge in [-0.3, -0.25) is 0 Å². The molecule has 0 aliphatic rings. The van der Waals surface area contributed by atoms with Crippen LogP contribution in [0.25, 0.3) is 0 Å². The quantitative estimate of drug-likeness (QED) is 0.791. The number of rotatable bonds is 7. The van der Waals surface area contributed by atoms with Gasteiger partial charge in [0.2, 0.25) is 0 Å². The standard InChI is InChI=1S/C15H24FNS/c1-5-12(4)18-10-15(17-6-2)13-8-7-11(3)14(16)9-13/h7-9,12,15,17H,5-6,10H2,1-4H3. The topological polar surface area (TPSA) is 12.0 Å². The molecule has 18 heavy (non-hydrogen) atoms. The highest BCUT2D eigenvalue weighted by atomic mass is 32.2. The maximum absolute atomic E-state index is 13.6. The van der Waals surface area contributed by atoms with Gasteiger partial charge in [-0.2, -0.15) is 11.8 Å². The average Bonchev–Trinajstić information content (AvgIpc) is 2.37. The van der Waals surface area contributed by atoms with E-state index in [0.29, 0.717) is 10.8 Å². The molecular formula is C15H24FNS. The van der Waals surface area contributed by atoms with Crippen LogP contribution in [0.1, 0.15) is 44.4 Å². The van der Waals surface area contributed by atoms with Crippen LogP contribution in [-0.2, 0) is 0 Å². The molecule has 0 saturated carbocycles. The summed E-state index contributed by atoms with van der Waals surface area (Å²) in [7, 11) is 0. The molecule has 0 heterocycles. The van der Waals surface area contributed by atoms with E-state index in [1.807, 2.05) is 23.9 Å². The molecule has 0 saturated heterocycles. The second-order valence-electron chi connectivity index (χ2n) is 4.67. The van der Waals surface area contributed by atoms with Gasteiger partial charge in [0.15, 0.2) is 0 Å². The van der Waals surface area contributed by atoms with Crippen molar-refractivity contribution in [2.24, 2.45) is 0 Å². The summed E-state index contributed by atoms with van der Waals surface area (Å²) in [5.74, 6) is 0.884. The fourth-order valence-corrected chi connectivity index (χ4v) is 2.79. The van der Waals surface area contributed by atoms with Gasteiger partial charge in [-0.15, -0.1) is 0 Å². The van der Waals surface area contributed by atoms with Crippen LogP contribution in [0.4, 0.5) is 4.39 Å². The van der Waals surface area contributed by atoms with Crippen molar-refractivity contribution in [1.29, 1.82) is 0 Å². The third-order valence-corrected chi connectivity index (χ3v) is 4.60. The number of hydrogen-bond donors (Lipinski definition) is 1. The van der Waals surface area contributed by atoms with Gasteiger partial charge in [0, 0.05) is 17.0 Å². The fraction of sp³-hybridized carbons (Fsp3) is 0.600. The lowest BCUT2D eigenvalue weighted by Gasteiger charge is -2.20. The fourth-order valence-electron chi connectivity index (χ4n) is 1.72. The Morgan fingerprint density at radius 1 is 1.33 bits per heavy atom. The lowest BCUT2D eigenvalue weighted by molar-refractivity contribution is 0.584. The molecule has 3 heteroatoms. The van der Waals surface area contributed by atoms with Crippen LogP contribution in [0.2, 0.25) is 0 Å². The predicted molar refractivity (Wildman–Crippen MR) is 79.8 cm³/mol. The summed E-state index contributed by atoms with van der Waals surface area (Å²) < 4.78 is 13.6. The molecule has 1 nitrogen and oxygen atoms in total. The Bertz CT molecular complexity index is 368. The van der Waals surface area contributed by atoms with Crippen molar-refractivity contribution in [3.8, 4) is 0 Å². The Morgan fingerprint density at radius 2 is 2.06 bits per heavy atom. The molecule has 1 rings (SSSR count). The van der Waals surface area contributed by atoms with Crippen LogP contribution in [0.15, 0.2) is 18.2 Å². The summed E-state index contributed by atoms with van der Waals surface area (Å²) in [6, 6.07) is 5.80. The SMILES string of the molecule is CCNC(CSC(C)CC)c1ccc(C)c(F)c1. The van der Waals surface area contributed by atoms with Gasteiger partial charge in [-0.05, 0) is 37.1 Å². The molecule has 0 aliphatic heterocycles. The summed E-state index contributed by atoms with van der Waals surface area (Å²) in [5.41, 5.74) is 1.76. The molecule has 1 N–H and O–H groups in total. The molecule has 0 amide bonds. The summed E-state index contributed by atoms with van der Waals surface area (Å²) in [6.07, 6.45) is 1.17. The first-order valence-electron chi connectivity index (χ1n) is 6.69. The molecule has 0 radical (unpaired) electrons. The molecule has 102 valence electrons.